The minimum absolute atomic E-state index is 0.0393. The highest BCUT2D eigenvalue weighted by molar-refractivity contribution is 6.04. The second-order valence-electron chi connectivity index (χ2n) is 10.5. The zero-order chi connectivity index (χ0) is 27.7. The molecule has 0 radical (unpaired) electrons. The molecule has 3 amide bonds. The molecule has 2 aliphatic heterocycles. The Morgan fingerprint density at radius 1 is 0.925 bits per heavy atom. The molecule has 0 bridgehead atoms. The van der Waals surface area contributed by atoms with Gasteiger partial charge in [-0.3, -0.25) is 4.79 Å². The van der Waals surface area contributed by atoms with Crippen LogP contribution in [0.2, 0.25) is 0 Å². The number of nitrogens with zero attached hydrogens (tertiary/aromatic N) is 2. The number of benzene rings is 3. The van der Waals surface area contributed by atoms with Gasteiger partial charge in [0, 0.05) is 43.3 Å². The van der Waals surface area contributed by atoms with Crippen molar-refractivity contribution in [2.45, 2.75) is 38.2 Å². The number of nitrogens with one attached hydrogen (secondary N) is 3. The molecule has 0 saturated carbocycles. The maximum Gasteiger partial charge on any atom is 0.323 e. The lowest BCUT2D eigenvalue weighted by atomic mass is 9.89. The van der Waals surface area contributed by atoms with Crippen LogP contribution in [0.15, 0.2) is 72.8 Å². The summed E-state index contributed by atoms with van der Waals surface area (Å²) in [7, 11) is 0. The van der Waals surface area contributed by atoms with Gasteiger partial charge in [0.15, 0.2) is 0 Å². The topological polar surface area (TPSA) is 106 Å². The van der Waals surface area contributed by atoms with Gasteiger partial charge in [0.1, 0.15) is 0 Å². The number of rotatable bonds is 8. The molecule has 3 aromatic carbocycles. The third-order valence-electron chi connectivity index (χ3n) is 7.59. The van der Waals surface area contributed by atoms with Crippen LogP contribution in [0.5, 0.6) is 0 Å². The summed E-state index contributed by atoms with van der Waals surface area (Å²) in [4.78, 5) is 28.4. The Morgan fingerprint density at radius 2 is 1.70 bits per heavy atom. The van der Waals surface area contributed by atoms with E-state index >= 15 is 0 Å². The molecule has 0 spiro atoms. The molecular formula is C32H35N5O3. The molecule has 0 aliphatic carbocycles. The number of hydrogen-bond acceptors (Lipinski definition) is 5. The number of ether oxygens (including phenoxy) is 1. The van der Waals surface area contributed by atoms with Gasteiger partial charge in [-0.1, -0.05) is 36.4 Å². The number of anilines is 3. The summed E-state index contributed by atoms with van der Waals surface area (Å²) in [6.07, 6.45) is 5.16. The summed E-state index contributed by atoms with van der Waals surface area (Å²) < 4.78 is 5.69. The molecule has 5 rings (SSSR count). The van der Waals surface area contributed by atoms with Crippen molar-refractivity contribution in [1.29, 1.82) is 5.26 Å². The fourth-order valence-electron chi connectivity index (χ4n) is 5.46. The predicted molar refractivity (Wildman–Crippen MR) is 157 cm³/mol. The molecule has 8 nitrogen and oxygen atoms in total. The Bertz CT molecular complexity index is 1360. The molecule has 40 heavy (non-hydrogen) atoms. The van der Waals surface area contributed by atoms with Crippen molar-refractivity contribution >= 4 is 29.0 Å². The van der Waals surface area contributed by atoms with Crippen molar-refractivity contribution in [3.8, 4) is 6.07 Å². The van der Waals surface area contributed by atoms with Crippen molar-refractivity contribution in [2.24, 2.45) is 5.92 Å². The highest BCUT2D eigenvalue weighted by Crippen LogP contribution is 2.30. The molecule has 206 valence electrons. The van der Waals surface area contributed by atoms with Gasteiger partial charge in [-0.2, -0.15) is 5.26 Å². The molecular weight excluding hydrogens is 502 g/mol. The Kier molecular flexibility index (Phi) is 8.94. The SMILES string of the molecule is N#Cc1cccc(NC(=O)Nc2ccc(N3CCC(Cc4ccccc4)CC3)c(C(=O)NC[C@@H]3CCCO3)c2)c1. The first kappa shape index (κ1) is 27.2. The molecule has 3 aromatic rings. The number of carbonyl (C=O) groups is 2. The van der Waals surface area contributed by atoms with Crippen molar-refractivity contribution in [1.82, 2.24) is 5.32 Å². The summed E-state index contributed by atoms with van der Waals surface area (Å²) in [5, 5.41) is 17.7. The quantitative estimate of drug-likeness (QED) is 0.348. The number of carbonyl (C=O) groups excluding carboxylic acids is 2. The van der Waals surface area contributed by atoms with Crippen LogP contribution < -0.4 is 20.9 Å². The van der Waals surface area contributed by atoms with Gasteiger partial charge in [-0.05, 0) is 80.0 Å². The van der Waals surface area contributed by atoms with Gasteiger partial charge >= 0.3 is 6.03 Å². The van der Waals surface area contributed by atoms with Crippen LogP contribution in [-0.2, 0) is 11.2 Å². The third kappa shape index (κ3) is 7.19. The van der Waals surface area contributed by atoms with Crippen LogP contribution in [0.4, 0.5) is 21.9 Å². The van der Waals surface area contributed by atoms with E-state index in [1.54, 1.807) is 30.3 Å². The van der Waals surface area contributed by atoms with Crippen molar-refractivity contribution in [3.63, 3.8) is 0 Å². The molecule has 0 aromatic heterocycles. The minimum atomic E-state index is -0.449. The molecule has 2 saturated heterocycles. The van der Waals surface area contributed by atoms with Gasteiger partial charge in [-0.25, -0.2) is 4.79 Å². The van der Waals surface area contributed by atoms with E-state index in [0.29, 0.717) is 35.0 Å². The lowest BCUT2D eigenvalue weighted by molar-refractivity contribution is 0.0858. The standard InChI is InChI=1S/C32H35N5O3/c33-21-25-8-4-9-26(19-25)35-32(39)36-27-11-12-30(29(20-27)31(38)34-22-28-10-5-17-40-28)37-15-13-24(14-16-37)18-23-6-2-1-3-7-23/h1-4,6-9,11-12,19-20,24,28H,5,10,13-18,22H2,(H,34,38)(H2,35,36,39)/t28-/m0/s1. The Labute approximate surface area is 235 Å². The van der Waals surface area contributed by atoms with Crippen LogP contribution in [-0.4, -0.2) is 44.3 Å². The van der Waals surface area contributed by atoms with Crippen LogP contribution in [0.25, 0.3) is 0 Å². The van der Waals surface area contributed by atoms with E-state index in [0.717, 1.165) is 57.5 Å². The van der Waals surface area contributed by atoms with Crippen molar-refractivity contribution in [3.05, 3.63) is 89.5 Å². The van der Waals surface area contributed by atoms with Crippen molar-refractivity contribution < 1.29 is 14.3 Å². The molecule has 2 aliphatic rings. The lowest BCUT2D eigenvalue weighted by Gasteiger charge is -2.35. The number of piperidine rings is 1. The normalized spacial score (nSPS) is 17.2. The van der Waals surface area contributed by atoms with E-state index in [2.05, 4.69) is 51.2 Å². The average molecular weight is 538 g/mol. The first-order valence-electron chi connectivity index (χ1n) is 14.0. The monoisotopic (exact) mass is 537 g/mol. The number of urea groups is 1. The van der Waals surface area contributed by atoms with Crippen LogP contribution >= 0.6 is 0 Å². The Balaban J connectivity index is 1.28. The smallest absolute Gasteiger partial charge is 0.323 e. The largest absolute Gasteiger partial charge is 0.376 e. The number of hydrogen-bond donors (Lipinski definition) is 3. The van der Waals surface area contributed by atoms with Crippen LogP contribution in [0.1, 0.15) is 47.2 Å². The van der Waals surface area contributed by atoms with E-state index in [1.807, 2.05) is 18.2 Å². The molecule has 2 heterocycles. The van der Waals surface area contributed by atoms with E-state index < -0.39 is 6.03 Å². The molecule has 8 heteroatoms. The molecule has 2 fully saturated rings. The Morgan fingerprint density at radius 3 is 2.42 bits per heavy atom. The zero-order valence-electron chi connectivity index (χ0n) is 22.6. The van der Waals surface area contributed by atoms with Crippen LogP contribution in [0, 0.1) is 17.2 Å². The number of nitriles is 1. The van der Waals surface area contributed by atoms with Crippen LogP contribution in [0.3, 0.4) is 0 Å². The van der Waals surface area contributed by atoms with Gasteiger partial charge in [0.2, 0.25) is 0 Å². The number of amides is 3. The second-order valence-corrected chi connectivity index (χ2v) is 10.5. The van der Waals surface area contributed by atoms with Crippen molar-refractivity contribution in [2.75, 3.05) is 41.8 Å². The van der Waals surface area contributed by atoms with E-state index in [-0.39, 0.29) is 12.0 Å². The lowest BCUT2D eigenvalue weighted by Crippen LogP contribution is -2.37. The van der Waals surface area contributed by atoms with E-state index in [1.165, 1.54) is 5.56 Å². The minimum Gasteiger partial charge on any atom is -0.376 e. The summed E-state index contributed by atoms with van der Waals surface area (Å²) in [6.45, 7) is 2.93. The van der Waals surface area contributed by atoms with Gasteiger partial charge in [0.05, 0.1) is 23.3 Å². The van der Waals surface area contributed by atoms with E-state index in [9.17, 15) is 9.59 Å². The fraction of sp³-hybridized carbons (Fsp3) is 0.344. The molecule has 1 atom stereocenters. The zero-order valence-corrected chi connectivity index (χ0v) is 22.6. The van der Waals surface area contributed by atoms with Gasteiger partial charge < -0.3 is 25.6 Å². The maximum atomic E-state index is 13.4. The van der Waals surface area contributed by atoms with E-state index in [4.69, 9.17) is 10.00 Å². The highest BCUT2D eigenvalue weighted by atomic mass is 16.5. The summed E-state index contributed by atoms with van der Waals surface area (Å²) in [5.41, 5.74) is 4.25. The first-order valence-corrected chi connectivity index (χ1v) is 14.0. The first-order chi connectivity index (χ1) is 19.6. The molecule has 0 unspecified atom stereocenters. The molecule has 3 N–H and O–H groups in total. The second kappa shape index (κ2) is 13.1. The fourth-order valence-corrected chi connectivity index (χ4v) is 5.46. The van der Waals surface area contributed by atoms with Gasteiger partial charge in [-0.15, -0.1) is 0 Å². The Hall–Kier alpha value is -4.35. The summed E-state index contributed by atoms with van der Waals surface area (Å²) >= 11 is 0. The summed E-state index contributed by atoms with van der Waals surface area (Å²) in [6, 6.07) is 24.4. The average Bonchev–Trinajstić information content (AvgIpc) is 3.51. The third-order valence-corrected chi connectivity index (χ3v) is 7.59. The maximum absolute atomic E-state index is 13.4. The highest BCUT2D eigenvalue weighted by Gasteiger charge is 2.25. The summed E-state index contributed by atoms with van der Waals surface area (Å²) in [5.74, 6) is 0.433. The predicted octanol–water partition coefficient (Wildman–Crippen LogP) is 5.57. The van der Waals surface area contributed by atoms with Gasteiger partial charge in [0.25, 0.3) is 5.91 Å².